The van der Waals surface area contributed by atoms with E-state index < -0.39 is 11.8 Å². The number of hydrogen-bond acceptors (Lipinski definition) is 5. The van der Waals surface area contributed by atoms with Gasteiger partial charge in [-0.1, -0.05) is 6.07 Å². The molecule has 7 nitrogen and oxygen atoms in total. The molecule has 0 aliphatic rings. The molecule has 2 aromatic rings. The first-order chi connectivity index (χ1) is 11.6. The fourth-order valence-corrected chi connectivity index (χ4v) is 1.98. The van der Waals surface area contributed by atoms with Gasteiger partial charge in [0.1, 0.15) is 17.2 Å². The number of hydrogen-bond donors (Lipinski definition) is 2. The van der Waals surface area contributed by atoms with Crippen LogP contribution in [0.25, 0.3) is 0 Å². The molecule has 0 aromatic heterocycles. The molecule has 126 valence electrons. The Morgan fingerprint density at radius 3 is 2.12 bits per heavy atom. The third-order valence-electron chi connectivity index (χ3n) is 3.19. The van der Waals surface area contributed by atoms with Crippen LogP contribution in [0.5, 0.6) is 17.2 Å². The Bertz CT molecular complexity index is 746. The molecule has 24 heavy (non-hydrogen) atoms. The zero-order chi connectivity index (χ0) is 17.5. The molecule has 0 aliphatic heterocycles. The SMILES string of the molecule is COc1cccc(NC(=O)C(=O)Nc2cc(OC)ccc2OC)c1. The number of anilines is 2. The molecule has 0 saturated heterocycles. The second-order valence-corrected chi connectivity index (χ2v) is 4.71. The monoisotopic (exact) mass is 330 g/mol. The van der Waals surface area contributed by atoms with Gasteiger partial charge in [0.2, 0.25) is 0 Å². The van der Waals surface area contributed by atoms with Crippen molar-refractivity contribution in [2.24, 2.45) is 0 Å². The van der Waals surface area contributed by atoms with Crippen LogP contribution in [0.4, 0.5) is 11.4 Å². The van der Waals surface area contributed by atoms with Crippen LogP contribution in [0.15, 0.2) is 42.5 Å². The van der Waals surface area contributed by atoms with Crippen LogP contribution in [0.1, 0.15) is 0 Å². The van der Waals surface area contributed by atoms with Crippen LogP contribution < -0.4 is 24.8 Å². The van der Waals surface area contributed by atoms with Gasteiger partial charge >= 0.3 is 11.8 Å². The van der Waals surface area contributed by atoms with Gasteiger partial charge in [-0.2, -0.15) is 0 Å². The summed E-state index contributed by atoms with van der Waals surface area (Å²) in [6, 6.07) is 11.6. The Balaban J connectivity index is 2.10. The van der Waals surface area contributed by atoms with E-state index in [-0.39, 0.29) is 0 Å². The lowest BCUT2D eigenvalue weighted by atomic mass is 10.2. The Hall–Kier alpha value is -3.22. The Labute approximate surface area is 139 Å². The molecule has 2 rings (SSSR count). The molecular weight excluding hydrogens is 312 g/mol. The largest absolute Gasteiger partial charge is 0.497 e. The molecule has 0 aliphatic carbocycles. The highest BCUT2D eigenvalue weighted by Gasteiger charge is 2.17. The van der Waals surface area contributed by atoms with Crippen LogP contribution in [0.3, 0.4) is 0 Å². The number of carbonyl (C=O) groups is 2. The zero-order valence-electron chi connectivity index (χ0n) is 13.6. The summed E-state index contributed by atoms with van der Waals surface area (Å²) in [5.74, 6) is -0.127. The molecule has 0 saturated carbocycles. The van der Waals surface area contributed by atoms with Crippen LogP contribution in [-0.2, 0) is 9.59 Å². The van der Waals surface area contributed by atoms with Gasteiger partial charge in [0.25, 0.3) is 0 Å². The third kappa shape index (κ3) is 4.16. The second-order valence-electron chi connectivity index (χ2n) is 4.71. The van der Waals surface area contributed by atoms with Gasteiger partial charge in [-0.15, -0.1) is 0 Å². The average molecular weight is 330 g/mol. The topological polar surface area (TPSA) is 85.9 Å². The van der Waals surface area contributed by atoms with Crippen molar-refractivity contribution in [3.8, 4) is 17.2 Å². The number of ether oxygens (including phenoxy) is 3. The van der Waals surface area contributed by atoms with Crippen molar-refractivity contribution < 1.29 is 23.8 Å². The lowest BCUT2D eigenvalue weighted by molar-refractivity contribution is -0.133. The quantitative estimate of drug-likeness (QED) is 0.822. The molecule has 0 unspecified atom stereocenters. The maximum Gasteiger partial charge on any atom is 0.314 e. The van der Waals surface area contributed by atoms with E-state index >= 15 is 0 Å². The van der Waals surface area contributed by atoms with Crippen molar-refractivity contribution in [3.05, 3.63) is 42.5 Å². The van der Waals surface area contributed by atoms with Gasteiger partial charge in [-0.05, 0) is 24.3 Å². The minimum atomic E-state index is -0.829. The summed E-state index contributed by atoms with van der Waals surface area (Å²) in [7, 11) is 4.49. The maximum atomic E-state index is 12.1. The van der Waals surface area contributed by atoms with E-state index in [4.69, 9.17) is 14.2 Å². The fraction of sp³-hybridized carbons (Fsp3) is 0.176. The third-order valence-corrected chi connectivity index (χ3v) is 3.19. The van der Waals surface area contributed by atoms with E-state index in [2.05, 4.69) is 10.6 Å². The lowest BCUT2D eigenvalue weighted by Gasteiger charge is -2.12. The molecule has 2 aromatic carbocycles. The number of nitrogens with one attached hydrogen (secondary N) is 2. The van der Waals surface area contributed by atoms with E-state index in [1.165, 1.54) is 21.3 Å². The van der Waals surface area contributed by atoms with Gasteiger partial charge in [0.05, 0.1) is 27.0 Å². The zero-order valence-corrected chi connectivity index (χ0v) is 13.6. The van der Waals surface area contributed by atoms with Crippen LogP contribution >= 0.6 is 0 Å². The summed E-state index contributed by atoms with van der Waals surface area (Å²) in [5, 5.41) is 5.00. The summed E-state index contributed by atoms with van der Waals surface area (Å²) >= 11 is 0. The van der Waals surface area contributed by atoms with Gasteiger partial charge in [0.15, 0.2) is 0 Å². The minimum Gasteiger partial charge on any atom is -0.497 e. The smallest absolute Gasteiger partial charge is 0.314 e. The lowest BCUT2D eigenvalue weighted by Crippen LogP contribution is -2.29. The fourth-order valence-electron chi connectivity index (χ4n) is 1.98. The number of benzene rings is 2. The van der Waals surface area contributed by atoms with E-state index in [1.807, 2.05) is 0 Å². The molecular formula is C17H18N2O5. The van der Waals surface area contributed by atoms with Crippen molar-refractivity contribution in [2.75, 3.05) is 32.0 Å². The van der Waals surface area contributed by atoms with Crippen molar-refractivity contribution in [1.82, 2.24) is 0 Å². The van der Waals surface area contributed by atoms with Crippen molar-refractivity contribution in [1.29, 1.82) is 0 Å². The van der Waals surface area contributed by atoms with Crippen molar-refractivity contribution >= 4 is 23.2 Å². The first kappa shape index (κ1) is 17.1. The summed E-state index contributed by atoms with van der Waals surface area (Å²) in [4.78, 5) is 24.1. The highest BCUT2D eigenvalue weighted by Crippen LogP contribution is 2.28. The standard InChI is InChI=1S/C17H18N2O5/c1-22-12-6-4-5-11(9-12)18-16(20)17(21)19-14-10-13(23-2)7-8-15(14)24-3/h4-10H,1-3H3,(H,18,20)(H,19,21). The highest BCUT2D eigenvalue weighted by atomic mass is 16.5. The van der Waals surface area contributed by atoms with E-state index in [0.29, 0.717) is 28.6 Å². The molecule has 0 heterocycles. The van der Waals surface area contributed by atoms with Gasteiger partial charge < -0.3 is 24.8 Å². The number of methoxy groups -OCH3 is 3. The van der Waals surface area contributed by atoms with Crippen LogP contribution in [0, 0.1) is 0 Å². The van der Waals surface area contributed by atoms with Gasteiger partial charge in [-0.3, -0.25) is 9.59 Å². The summed E-state index contributed by atoms with van der Waals surface area (Å²) in [6.45, 7) is 0. The van der Waals surface area contributed by atoms with Crippen LogP contribution in [0.2, 0.25) is 0 Å². The minimum absolute atomic E-state index is 0.336. The second kappa shape index (κ2) is 7.87. The predicted octanol–water partition coefficient (Wildman–Crippen LogP) is 2.29. The summed E-state index contributed by atoms with van der Waals surface area (Å²) in [6.07, 6.45) is 0. The Morgan fingerprint density at radius 2 is 1.46 bits per heavy atom. The maximum absolute atomic E-state index is 12.1. The molecule has 2 N–H and O–H groups in total. The molecule has 2 amide bonds. The number of rotatable bonds is 5. The van der Waals surface area contributed by atoms with E-state index in [9.17, 15) is 9.59 Å². The van der Waals surface area contributed by atoms with Crippen molar-refractivity contribution in [2.45, 2.75) is 0 Å². The van der Waals surface area contributed by atoms with Crippen molar-refractivity contribution in [3.63, 3.8) is 0 Å². The molecule has 0 atom stereocenters. The summed E-state index contributed by atoms with van der Waals surface area (Å²) in [5.41, 5.74) is 0.787. The van der Waals surface area contributed by atoms with Gasteiger partial charge in [0, 0.05) is 17.8 Å². The number of carbonyl (C=O) groups excluding carboxylic acids is 2. The van der Waals surface area contributed by atoms with Crippen LogP contribution in [-0.4, -0.2) is 33.1 Å². The first-order valence-corrected chi connectivity index (χ1v) is 7.05. The Morgan fingerprint density at radius 1 is 0.792 bits per heavy atom. The molecule has 0 radical (unpaired) electrons. The Kier molecular flexibility index (Phi) is 5.62. The van der Waals surface area contributed by atoms with E-state index in [1.54, 1.807) is 42.5 Å². The first-order valence-electron chi connectivity index (χ1n) is 7.05. The predicted molar refractivity (Wildman–Crippen MR) is 89.8 cm³/mol. The molecule has 0 bridgehead atoms. The molecule has 0 fully saturated rings. The number of amides is 2. The highest BCUT2D eigenvalue weighted by molar-refractivity contribution is 6.43. The van der Waals surface area contributed by atoms with E-state index in [0.717, 1.165) is 0 Å². The molecule has 0 spiro atoms. The van der Waals surface area contributed by atoms with Gasteiger partial charge in [-0.25, -0.2) is 0 Å². The normalized spacial score (nSPS) is 9.79. The average Bonchev–Trinajstić information content (AvgIpc) is 2.61. The molecule has 7 heteroatoms. The summed E-state index contributed by atoms with van der Waals surface area (Å²) < 4.78 is 15.3.